The molecule has 0 aromatic rings. The Kier molecular flexibility index (Phi) is 1.53. The maximum Gasteiger partial charge on any atom is 0.137 e. The third-order valence-corrected chi connectivity index (χ3v) is 1.54. The summed E-state index contributed by atoms with van der Waals surface area (Å²) in [6.45, 7) is 1.81. The van der Waals surface area contributed by atoms with Crippen molar-refractivity contribution in [3.63, 3.8) is 0 Å². The van der Waals surface area contributed by atoms with Gasteiger partial charge in [-0.15, -0.1) is 0 Å². The summed E-state index contributed by atoms with van der Waals surface area (Å²) >= 11 is 0. The molecule has 1 rings (SSSR count). The number of aldehydes is 1. The van der Waals surface area contributed by atoms with Gasteiger partial charge in [0.15, 0.2) is 0 Å². The fraction of sp³-hybridized carbons (Fsp3) is 0.833. The van der Waals surface area contributed by atoms with E-state index in [1.165, 1.54) is 6.92 Å². The molecule has 0 bridgehead atoms. The quantitative estimate of drug-likeness (QED) is 0.518. The second-order valence-electron chi connectivity index (χ2n) is 2.74. The van der Waals surface area contributed by atoms with Crippen molar-refractivity contribution in [2.45, 2.75) is 25.1 Å². The molecule has 2 atom stereocenters. The van der Waals surface area contributed by atoms with Gasteiger partial charge in [0.25, 0.3) is 0 Å². The van der Waals surface area contributed by atoms with Crippen molar-refractivity contribution in [1.82, 2.24) is 5.32 Å². The van der Waals surface area contributed by atoms with E-state index >= 15 is 0 Å². The van der Waals surface area contributed by atoms with Crippen molar-refractivity contribution in [3.05, 3.63) is 0 Å². The summed E-state index contributed by atoms with van der Waals surface area (Å²) in [7, 11) is 0. The molecule has 0 aliphatic carbocycles. The van der Waals surface area contributed by atoms with Crippen molar-refractivity contribution in [2.75, 3.05) is 6.54 Å². The van der Waals surface area contributed by atoms with Crippen LogP contribution in [0.25, 0.3) is 0 Å². The zero-order chi connectivity index (χ0) is 6.91. The van der Waals surface area contributed by atoms with E-state index < -0.39 is 5.67 Å². The van der Waals surface area contributed by atoms with Crippen LogP contribution in [-0.4, -0.2) is 24.5 Å². The van der Waals surface area contributed by atoms with E-state index in [0.29, 0.717) is 13.0 Å². The van der Waals surface area contributed by atoms with E-state index in [9.17, 15) is 9.18 Å². The highest BCUT2D eigenvalue weighted by Crippen LogP contribution is 2.21. The Labute approximate surface area is 53.4 Å². The standard InChI is InChI=1S/C6H10FNO/c1-6(7)2-5(3-9)8-4-6/h3,5,8H,2,4H2,1H3. The minimum absolute atomic E-state index is 0.264. The van der Waals surface area contributed by atoms with Crippen LogP contribution >= 0.6 is 0 Å². The molecule has 9 heavy (non-hydrogen) atoms. The molecule has 0 aromatic heterocycles. The van der Waals surface area contributed by atoms with Crippen molar-refractivity contribution in [1.29, 1.82) is 0 Å². The third-order valence-electron chi connectivity index (χ3n) is 1.54. The molecule has 1 aliphatic rings. The van der Waals surface area contributed by atoms with E-state index in [2.05, 4.69) is 5.32 Å². The SMILES string of the molecule is CC1(F)CNC(C=O)C1. The van der Waals surface area contributed by atoms with Crippen LogP contribution in [0, 0.1) is 0 Å². The second-order valence-corrected chi connectivity index (χ2v) is 2.74. The number of hydrogen-bond donors (Lipinski definition) is 1. The lowest BCUT2D eigenvalue weighted by molar-refractivity contribution is -0.109. The van der Waals surface area contributed by atoms with Crippen LogP contribution in [0.3, 0.4) is 0 Å². The molecular weight excluding hydrogens is 121 g/mol. The monoisotopic (exact) mass is 131 g/mol. The van der Waals surface area contributed by atoms with E-state index in [1.54, 1.807) is 0 Å². The van der Waals surface area contributed by atoms with Crippen molar-refractivity contribution in [3.8, 4) is 0 Å². The predicted octanol–water partition coefficient (Wildman–Crippen LogP) is 0.275. The van der Waals surface area contributed by atoms with Crippen molar-refractivity contribution < 1.29 is 9.18 Å². The summed E-state index contributed by atoms with van der Waals surface area (Å²) in [5.41, 5.74) is -1.18. The Balaban J connectivity index is 2.47. The summed E-state index contributed by atoms with van der Waals surface area (Å²) < 4.78 is 12.8. The number of carbonyl (C=O) groups excluding carboxylic acids is 1. The topological polar surface area (TPSA) is 29.1 Å². The number of alkyl halides is 1. The number of halogens is 1. The molecule has 1 saturated heterocycles. The summed E-state index contributed by atoms with van der Waals surface area (Å²) in [5, 5.41) is 2.75. The number of hydrogen-bond acceptors (Lipinski definition) is 2. The molecule has 0 aromatic carbocycles. The fourth-order valence-electron chi connectivity index (χ4n) is 1.04. The number of carbonyl (C=O) groups is 1. The first-order valence-corrected chi connectivity index (χ1v) is 3.02. The molecule has 2 nitrogen and oxygen atoms in total. The number of rotatable bonds is 1. The lowest BCUT2D eigenvalue weighted by atomic mass is 10.1. The third kappa shape index (κ3) is 1.48. The van der Waals surface area contributed by atoms with Gasteiger partial charge >= 0.3 is 0 Å². The molecule has 1 N–H and O–H groups in total. The lowest BCUT2D eigenvalue weighted by Gasteiger charge is -2.07. The van der Waals surface area contributed by atoms with E-state index in [1.807, 2.05) is 0 Å². The van der Waals surface area contributed by atoms with Gasteiger partial charge in [-0.2, -0.15) is 0 Å². The van der Waals surface area contributed by atoms with Gasteiger partial charge in [0.05, 0.1) is 6.04 Å². The van der Waals surface area contributed by atoms with E-state index in [-0.39, 0.29) is 6.04 Å². The van der Waals surface area contributed by atoms with Crippen molar-refractivity contribution >= 4 is 6.29 Å². The average molecular weight is 131 g/mol. The van der Waals surface area contributed by atoms with Crippen LogP contribution in [0.4, 0.5) is 4.39 Å². The van der Waals surface area contributed by atoms with Crippen LogP contribution in [-0.2, 0) is 4.79 Å². The molecule has 3 heteroatoms. The van der Waals surface area contributed by atoms with E-state index in [0.717, 1.165) is 6.29 Å². The minimum atomic E-state index is -1.18. The van der Waals surface area contributed by atoms with Crippen LogP contribution in [0.2, 0.25) is 0 Å². The molecule has 52 valence electrons. The molecule has 0 amide bonds. The summed E-state index contributed by atoms with van der Waals surface area (Å²) in [6, 6.07) is -0.264. The molecule has 0 saturated carbocycles. The molecule has 2 unspecified atom stereocenters. The van der Waals surface area contributed by atoms with Crippen LogP contribution < -0.4 is 5.32 Å². The maximum atomic E-state index is 12.8. The maximum absolute atomic E-state index is 12.8. The smallest absolute Gasteiger partial charge is 0.137 e. The van der Waals surface area contributed by atoms with Crippen molar-refractivity contribution in [2.24, 2.45) is 0 Å². The molecular formula is C6H10FNO. The zero-order valence-electron chi connectivity index (χ0n) is 5.36. The van der Waals surface area contributed by atoms with Gasteiger partial charge in [-0.3, -0.25) is 0 Å². The van der Waals surface area contributed by atoms with Gasteiger partial charge in [0.2, 0.25) is 0 Å². The first kappa shape index (κ1) is 6.68. The van der Waals surface area contributed by atoms with Gasteiger partial charge in [-0.05, 0) is 6.92 Å². The van der Waals surface area contributed by atoms with Crippen LogP contribution in [0.15, 0.2) is 0 Å². The Morgan fingerprint density at radius 3 is 2.78 bits per heavy atom. The molecule has 1 fully saturated rings. The van der Waals surface area contributed by atoms with Crippen LogP contribution in [0.5, 0.6) is 0 Å². The van der Waals surface area contributed by atoms with E-state index in [4.69, 9.17) is 0 Å². The van der Waals surface area contributed by atoms with Crippen LogP contribution in [0.1, 0.15) is 13.3 Å². The minimum Gasteiger partial charge on any atom is -0.304 e. The van der Waals surface area contributed by atoms with Gasteiger partial charge in [0.1, 0.15) is 12.0 Å². The largest absolute Gasteiger partial charge is 0.304 e. The van der Waals surface area contributed by atoms with Gasteiger partial charge in [-0.25, -0.2) is 4.39 Å². The zero-order valence-corrected chi connectivity index (χ0v) is 5.36. The summed E-state index contributed by atoms with van der Waals surface area (Å²) in [6.07, 6.45) is 1.07. The first-order valence-electron chi connectivity index (χ1n) is 3.02. The predicted molar refractivity (Wildman–Crippen MR) is 32.0 cm³/mol. The normalized spacial score (nSPS) is 43.1. The Hall–Kier alpha value is -0.440. The summed E-state index contributed by atoms with van der Waals surface area (Å²) in [4.78, 5) is 10.1. The Morgan fingerprint density at radius 1 is 1.89 bits per heavy atom. The Bertz CT molecular complexity index is 124. The van der Waals surface area contributed by atoms with Gasteiger partial charge in [0, 0.05) is 13.0 Å². The second kappa shape index (κ2) is 2.06. The molecule has 1 heterocycles. The fourth-order valence-corrected chi connectivity index (χ4v) is 1.04. The Morgan fingerprint density at radius 2 is 2.56 bits per heavy atom. The van der Waals surface area contributed by atoms with Gasteiger partial charge < -0.3 is 10.1 Å². The lowest BCUT2D eigenvalue weighted by Crippen LogP contribution is -2.23. The average Bonchev–Trinajstić information content (AvgIpc) is 2.10. The molecule has 0 radical (unpaired) electrons. The number of nitrogens with one attached hydrogen (secondary N) is 1. The highest BCUT2D eigenvalue weighted by molar-refractivity contribution is 5.58. The van der Waals surface area contributed by atoms with Gasteiger partial charge in [-0.1, -0.05) is 0 Å². The summed E-state index contributed by atoms with van der Waals surface area (Å²) in [5.74, 6) is 0. The molecule has 1 aliphatic heterocycles. The highest BCUT2D eigenvalue weighted by atomic mass is 19.1. The first-order chi connectivity index (χ1) is 4.14. The molecule has 0 spiro atoms. The highest BCUT2D eigenvalue weighted by Gasteiger charge is 2.34.